The molecule has 1 N–H and O–H groups in total. The number of fused-ring (bicyclic) bond motifs is 1. The molecule has 1 aromatic carbocycles. The highest BCUT2D eigenvalue weighted by Crippen LogP contribution is 2.45. The van der Waals surface area contributed by atoms with Crippen molar-refractivity contribution in [1.29, 1.82) is 0 Å². The average molecular weight is 411 g/mol. The van der Waals surface area contributed by atoms with Gasteiger partial charge in [0.05, 0.1) is 7.11 Å². The Morgan fingerprint density at radius 1 is 1.23 bits per heavy atom. The number of nitrogens with zero attached hydrogens (tertiary/aromatic N) is 1. The summed E-state index contributed by atoms with van der Waals surface area (Å²) in [4.78, 5) is 27.1. The predicted molar refractivity (Wildman–Crippen MR) is 113 cm³/mol. The maximum absolute atomic E-state index is 13.0. The van der Waals surface area contributed by atoms with Gasteiger partial charge in [0.2, 0.25) is 0 Å². The van der Waals surface area contributed by atoms with Gasteiger partial charge in [-0.2, -0.15) is 0 Å². The number of amides is 1. The fourth-order valence-corrected chi connectivity index (χ4v) is 5.20. The Morgan fingerprint density at radius 3 is 2.83 bits per heavy atom. The van der Waals surface area contributed by atoms with Crippen molar-refractivity contribution < 1.29 is 19.1 Å². The molecule has 0 radical (unpaired) electrons. The minimum Gasteiger partial charge on any atom is -0.453 e. The fourth-order valence-electron chi connectivity index (χ4n) is 5.20. The molecule has 3 fully saturated rings. The molecule has 6 nitrogen and oxygen atoms in total. The zero-order valence-corrected chi connectivity index (χ0v) is 17.8. The number of likely N-dealkylation sites (tertiary alicyclic amines) is 1. The van der Waals surface area contributed by atoms with E-state index in [0.29, 0.717) is 13.0 Å². The molecule has 3 aliphatic rings. The van der Waals surface area contributed by atoms with Gasteiger partial charge < -0.3 is 19.7 Å². The molecule has 4 rings (SSSR count). The van der Waals surface area contributed by atoms with Gasteiger partial charge in [0.25, 0.3) is 0 Å². The molecule has 0 spiro atoms. The van der Waals surface area contributed by atoms with Crippen LogP contribution in [-0.4, -0.2) is 54.8 Å². The van der Waals surface area contributed by atoms with Crippen molar-refractivity contribution in [2.75, 3.05) is 20.2 Å². The lowest BCUT2D eigenvalue weighted by Gasteiger charge is -2.42. The van der Waals surface area contributed by atoms with E-state index in [1.54, 1.807) is 4.90 Å². The number of esters is 1. The molecule has 4 atom stereocenters. The molecule has 30 heavy (non-hydrogen) atoms. The maximum atomic E-state index is 13.0. The number of nitrogens with one attached hydrogen (secondary N) is 1. The van der Waals surface area contributed by atoms with Gasteiger partial charge in [-0.3, -0.25) is 4.79 Å². The van der Waals surface area contributed by atoms with Crippen LogP contribution in [0, 0.1) is 24.7 Å². The molecular weight excluding hydrogens is 380 g/mol. The Hall–Kier alpha value is -2.52. The number of methoxy groups -OCH3 is 1. The molecular formula is C24H30N2O4. The third-order valence-corrected chi connectivity index (χ3v) is 6.67. The summed E-state index contributed by atoms with van der Waals surface area (Å²) in [7, 11) is 1.41. The largest absolute Gasteiger partial charge is 0.453 e. The predicted octanol–water partition coefficient (Wildman–Crippen LogP) is 3.02. The molecule has 1 saturated carbocycles. The van der Waals surface area contributed by atoms with E-state index in [-0.39, 0.29) is 30.1 Å². The Morgan fingerprint density at radius 2 is 2.10 bits per heavy atom. The fraction of sp³-hybridized carbons (Fsp3) is 0.583. The Balaban J connectivity index is 1.66. The summed E-state index contributed by atoms with van der Waals surface area (Å²) < 4.78 is 11.2. The summed E-state index contributed by atoms with van der Waals surface area (Å²) in [5.74, 6) is 6.44. The zero-order valence-electron chi connectivity index (χ0n) is 17.8. The van der Waals surface area contributed by atoms with Gasteiger partial charge in [-0.05, 0) is 75.6 Å². The second kappa shape index (κ2) is 8.69. The van der Waals surface area contributed by atoms with E-state index in [1.165, 1.54) is 7.11 Å². The van der Waals surface area contributed by atoms with E-state index < -0.39 is 5.60 Å². The summed E-state index contributed by atoms with van der Waals surface area (Å²) in [5, 5.41) is 3.23. The van der Waals surface area contributed by atoms with E-state index >= 15 is 0 Å². The second-order valence-electron chi connectivity index (χ2n) is 8.60. The Kier molecular flexibility index (Phi) is 6.01. The quantitative estimate of drug-likeness (QED) is 0.600. The van der Waals surface area contributed by atoms with E-state index in [2.05, 4.69) is 17.2 Å². The number of aryl methyl sites for hydroxylation is 1. The van der Waals surface area contributed by atoms with Crippen molar-refractivity contribution in [2.24, 2.45) is 5.92 Å². The lowest BCUT2D eigenvalue weighted by Crippen LogP contribution is -2.53. The van der Waals surface area contributed by atoms with E-state index in [4.69, 9.17) is 9.47 Å². The molecule has 2 aliphatic heterocycles. The standard InChI is InChI=1S/C24H30N2O4/c1-17-6-3-7-18(16-17)10-13-24(30-22(27)20-8-5-14-25-20)12-4-9-21-19(24)11-15-26(21)23(28)29-2/h3,6-7,16,19-21,25H,4-5,8-9,11-12,14-15H2,1-2H3/t19-,20?,21-,24-/m1/s1. The summed E-state index contributed by atoms with van der Waals surface area (Å²) in [5.41, 5.74) is 1.17. The first-order valence-corrected chi connectivity index (χ1v) is 10.9. The number of hydrogen-bond acceptors (Lipinski definition) is 5. The molecule has 2 saturated heterocycles. The number of rotatable bonds is 2. The highest BCUT2D eigenvalue weighted by Gasteiger charge is 2.54. The third-order valence-electron chi connectivity index (χ3n) is 6.67. The molecule has 1 amide bonds. The van der Waals surface area contributed by atoms with Crippen LogP contribution in [0.4, 0.5) is 4.79 Å². The van der Waals surface area contributed by atoms with Crippen LogP contribution in [0.3, 0.4) is 0 Å². The van der Waals surface area contributed by atoms with E-state index in [9.17, 15) is 9.59 Å². The highest BCUT2D eigenvalue weighted by molar-refractivity contribution is 5.77. The molecule has 6 heteroatoms. The van der Waals surface area contributed by atoms with Crippen LogP contribution in [0.1, 0.15) is 49.7 Å². The first-order chi connectivity index (χ1) is 14.5. The molecule has 2 heterocycles. The number of ether oxygens (including phenoxy) is 2. The van der Waals surface area contributed by atoms with Crippen molar-refractivity contribution in [2.45, 2.75) is 63.1 Å². The summed E-state index contributed by atoms with van der Waals surface area (Å²) >= 11 is 0. The highest BCUT2D eigenvalue weighted by atomic mass is 16.6. The van der Waals surface area contributed by atoms with Crippen molar-refractivity contribution in [3.63, 3.8) is 0 Å². The minimum absolute atomic E-state index is 0.00647. The lowest BCUT2D eigenvalue weighted by atomic mass is 9.72. The SMILES string of the molecule is COC(=O)N1CC[C@@H]2[C@H]1CCC[C@]2(C#Cc1cccc(C)c1)OC(=O)C1CCCN1. The number of benzene rings is 1. The summed E-state index contributed by atoms with van der Waals surface area (Å²) in [6.07, 6.45) is 4.64. The van der Waals surface area contributed by atoms with Crippen LogP contribution in [0.2, 0.25) is 0 Å². The molecule has 160 valence electrons. The Bertz CT molecular complexity index is 867. The zero-order chi connectivity index (χ0) is 21.1. The van der Waals surface area contributed by atoms with Crippen LogP contribution >= 0.6 is 0 Å². The van der Waals surface area contributed by atoms with Crippen molar-refractivity contribution >= 4 is 12.1 Å². The molecule has 0 bridgehead atoms. The van der Waals surface area contributed by atoms with Crippen LogP contribution in [0.5, 0.6) is 0 Å². The van der Waals surface area contributed by atoms with Gasteiger partial charge in [-0.15, -0.1) is 0 Å². The van der Waals surface area contributed by atoms with Gasteiger partial charge in [-0.1, -0.05) is 18.1 Å². The smallest absolute Gasteiger partial charge is 0.409 e. The lowest BCUT2D eigenvalue weighted by molar-refractivity contribution is -0.165. The third kappa shape index (κ3) is 4.04. The molecule has 1 aliphatic carbocycles. The van der Waals surface area contributed by atoms with E-state index in [0.717, 1.165) is 49.8 Å². The number of carbonyl (C=O) groups is 2. The van der Waals surface area contributed by atoms with Gasteiger partial charge in [-0.25, -0.2) is 4.79 Å². The first-order valence-electron chi connectivity index (χ1n) is 10.9. The Labute approximate surface area is 178 Å². The van der Waals surface area contributed by atoms with Crippen LogP contribution in [0.15, 0.2) is 24.3 Å². The van der Waals surface area contributed by atoms with Gasteiger partial charge in [0.15, 0.2) is 5.60 Å². The van der Waals surface area contributed by atoms with E-state index in [1.807, 2.05) is 31.2 Å². The minimum atomic E-state index is -0.878. The number of hydrogen-bond donors (Lipinski definition) is 1. The van der Waals surface area contributed by atoms with Crippen molar-refractivity contribution in [1.82, 2.24) is 10.2 Å². The van der Waals surface area contributed by atoms with Crippen LogP contribution in [-0.2, 0) is 14.3 Å². The molecule has 0 aromatic heterocycles. The van der Waals surface area contributed by atoms with Crippen LogP contribution < -0.4 is 5.32 Å². The van der Waals surface area contributed by atoms with Gasteiger partial charge >= 0.3 is 12.1 Å². The monoisotopic (exact) mass is 410 g/mol. The van der Waals surface area contributed by atoms with Crippen molar-refractivity contribution in [3.8, 4) is 11.8 Å². The van der Waals surface area contributed by atoms with Crippen LogP contribution in [0.25, 0.3) is 0 Å². The normalized spacial score (nSPS) is 30.2. The molecule has 1 aromatic rings. The topological polar surface area (TPSA) is 67.9 Å². The maximum Gasteiger partial charge on any atom is 0.409 e. The van der Waals surface area contributed by atoms with Gasteiger partial charge in [0.1, 0.15) is 6.04 Å². The average Bonchev–Trinajstić information content (AvgIpc) is 3.43. The van der Waals surface area contributed by atoms with Gasteiger partial charge in [0, 0.05) is 24.1 Å². The number of carbonyl (C=O) groups excluding carboxylic acids is 2. The summed E-state index contributed by atoms with van der Waals surface area (Å²) in [6.45, 7) is 3.48. The first kappa shape index (κ1) is 20.7. The summed E-state index contributed by atoms with van der Waals surface area (Å²) in [6, 6.07) is 7.76. The molecule has 1 unspecified atom stereocenters. The second-order valence-corrected chi connectivity index (χ2v) is 8.60. The van der Waals surface area contributed by atoms with Crippen molar-refractivity contribution in [3.05, 3.63) is 35.4 Å².